The number of rotatable bonds is 6. The maximum atomic E-state index is 14.0. The topological polar surface area (TPSA) is 62.1 Å². The van der Waals surface area contributed by atoms with Crippen LogP contribution in [0.3, 0.4) is 0 Å². The van der Waals surface area contributed by atoms with Crippen molar-refractivity contribution in [1.29, 1.82) is 0 Å². The van der Waals surface area contributed by atoms with Gasteiger partial charge in [0.05, 0.1) is 26.2 Å². The highest BCUT2D eigenvalue weighted by atomic mass is 32.2. The Hall–Kier alpha value is -1.51. The molecular formula is C21H33FN3O3S+. The minimum Gasteiger partial charge on any atom is -0.332 e. The van der Waals surface area contributed by atoms with Crippen molar-refractivity contribution in [2.24, 2.45) is 0 Å². The molecule has 0 aromatic heterocycles. The van der Waals surface area contributed by atoms with E-state index < -0.39 is 15.8 Å². The fraction of sp³-hybridized carbons (Fsp3) is 0.667. The number of nitrogens with zero attached hydrogens (tertiary/aromatic N) is 2. The van der Waals surface area contributed by atoms with E-state index in [1.807, 2.05) is 0 Å². The van der Waals surface area contributed by atoms with Crippen molar-refractivity contribution in [2.75, 3.05) is 32.7 Å². The molecule has 0 spiro atoms. The van der Waals surface area contributed by atoms with Crippen LogP contribution in [0.4, 0.5) is 4.39 Å². The van der Waals surface area contributed by atoms with Gasteiger partial charge in [-0.1, -0.05) is 31.4 Å². The fourth-order valence-corrected chi connectivity index (χ4v) is 6.10. The maximum Gasteiger partial charge on any atom is 0.278 e. The Bertz CT molecular complexity index is 801. The van der Waals surface area contributed by atoms with Crippen LogP contribution in [0.15, 0.2) is 29.2 Å². The van der Waals surface area contributed by atoms with Crippen molar-refractivity contribution < 1.29 is 22.5 Å². The largest absolute Gasteiger partial charge is 0.332 e. The zero-order valence-electron chi connectivity index (χ0n) is 17.4. The number of piperazine rings is 1. The number of sulfonamides is 1. The third-order valence-corrected chi connectivity index (χ3v) is 8.03. The average molecular weight is 427 g/mol. The SMILES string of the molecule is CC(C)N(C(=O)C[NH+]1CCN(S(=O)(=O)c2ccccc2F)CC1)C1CCCCC1. The van der Waals surface area contributed by atoms with Crippen molar-refractivity contribution in [3.8, 4) is 0 Å². The summed E-state index contributed by atoms with van der Waals surface area (Å²) in [5.41, 5.74) is 0. The zero-order chi connectivity index (χ0) is 21.0. The van der Waals surface area contributed by atoms with E-state index in [1.54, 1.807) is 0 Å². The van der Waals surface area contributed by atoms with E-state index in [0.717, 1.165) is 17.7 Å². The summed E-state index contributed by atoms with van der Waals surface area (Å²) in [6.45, 7) is 6.23. The highest BCUT2D eigenvalue weighted by molar-refractivity contribution is 7.89. The summed E-state index contributed by atoms with van der Waals surface area (Å²) in [7, 11) is -3.84. The zero-order valence-corrected chi connectivity index (χ0v) is 18.3. The van der Waals surface area contributed by atoms with E-state index >= 15 is 0 Å². The number of hydrogen-bond acceptors (Lipinski definition) is 3. The first-order valence-electron chi connectivity index (χ1n) is 10.7. The Kier molecular flexibility index (Phi) is 7.29. The number of amides is 1. The summed E-state index contributed by atoms with van der Waals surface area (Å²) < 4.78 is 40.8. The quantitative estimate of drug-likeness (QED) is 0.746. The van der Waals surface area contributed by atoms with E-state index in [2.05, 4.69) is 18.7 Å². The van der Waals surface area contributed by atoms with Gasteiger partial charge in [0.25, 0.3) is 5.91 Å². The molecule has 1 aliphatic heterocycles. The van der Waals surface area contributed by atoms with Crippen LogP contribution >= 0.6 is 0 Å². The number of carbonyl (C=O) groups excluding carboxylic acids is 1. The molecule has 1 amide bonds. The van der Waals surface area contributed by atoms with Crippen molar-refractivity contribution in [2.45, 2.75) is 62.9 Å². The lowest BCUT2D eigenvalue weighted by Crippen LogP contribution is -3.15. The van der Waals surface area contributed by atoms with Gasteiger partial charge in [0.2, 0.25) is 10.0 Å². The Morgan fingerprint density at radius 3 is 2.38 bits per heavy atom. The van der Waals surface area contributed by atoms with E-state index in [-0.39, 0.29) is 16.8 Å². The maximum absolute atomic E-state index is 14.0. The van der Waals surface area contributed by atoms with Gasteiger partial charge in [0, 0.05) is 12.1 Å². The van der Waals surface area contributed by atoms with E-state index in [0.29, 0.717) is 38.8 Å². The molecule has 0 unspecified atom stereocenters. The summed E-state index contributed by atoms with van der Waals surface area (Å²) in [4.78, 5) is 15.9. The minimum atomic E-state index is -3.84. The Morgan fingerprint density at radius 2 is 1.79 bits per heavy atom. The number of halogens is 1. The van der Waals surface area contributed by atoms with Crippen LogP contribution in [0.1, 0.15) is 46.0 Å². The molecule has 0 radical (unpaired) electrons. The number of carbonyl (C=O) groups is 1. The average Bonchev–Trinajstić information content (AvgIpc) is 2.69. The van der Waals surface area contributed by atoms with Gasteiger partial charge in [-0.15, -0.1) is 0 Å². The molecule has 2 fully saturated rings. The lowest BCUT2D eigenvalue weighted by atomic mass is 9.93. The Labute approximate surface area is 173 Å². The van der Waals surface area contributed by atoms with Gasteiger partial charge in [0.1, 0.15) is 10.7 Å². The molecular weight excluding hydrogens is 393 g/mol. The second-order valence-corrected chi connectivity index (χ2v) is 10.4. The van der Waals surface area contributed by atoms with Gasteiger partial charge in [-0.2, -0.15) is 4.31 Å². The number of benzene rings is 1. The lowest BCUT2D eigenvalue weighted by molar-refractivity contribution is -0.896. The van der Waals surface area contributed by atoms with E-state index in [4.69, 9.17) is 0 Å². The molecule has 0 bridgehead atoms. The van der Waals surface area contributed by atoms with Crippen molar-refractivity contribution in [1.82, 2.24) is 9.21 Å². The molecule has 1 heterocycles. The number of quaternary nitrogens is 1. The summed E-state index contributed by atoms with van der Waals surface area (Å²) in [6.07, 6.45) is 5.77. The van der Waals surface area contributed by atoms with Crippen LogP contribution in [-0.2, 0) is 14.8 Å². The first kappa shape index (κ1) is 22.2. The van der Waals surface area contributed by atoms with Crippen LogP contribution in [0.2, 0.25) is 0 Å². The van der Waals surface area contributed by atoms with Crippen LogP contribution in [0.25, 0.3) is 0 Å². The van der Waals surface area contributed by atoms with Gasteiger partial charge in [0.15, 0.2) is 6.54 Å². The monoisotopic (exact) mass is 426 g/mol. The molecule has 29 heavy (non-hydrogen) atoms. The molecule has 1 saturated carbocycles. The fourth-order valence-electron chi connectivity index (χ4n) is 4.59. The summed E-state index contributed by atoms with van der Waals surface area (Å²) >= 11 is 0. The molecule has 6 nitrogen and oxygen atoms in total. The molecule has 1 aromatic rings. The molecule has 1 aliphatic carbocycles. The number of nitrogens with one attached hydrogen (secondary N) is 1. The van der Waals surface area contributed by atoms with Gasteiger partial charge in [-0.05, 0) is 38.8 Å². The predicted molar refractivity (Wildman–Crippen MR) is 110 cm³/mol. The standard InChI is InChI=1S/C21H32FN3O3S/c1-17(2)25(18-8-4-3-5-9-18)21(26)16-23-12-14-24(15-13-23)29(27,28)20-11-7-6-10-19(20)22/h6-7,10-11,17-18H,3-5,8-9,12-16H2,1-2H3/p+1. The van der Waals surface area contributed by atoms with Crippen LogP contribution < -0.4 is 4.90 Å². The molecule has 8 heteroatoms. The molecule has 3 rings (SSSR count). The van der Waals surface area contributed by atoms with Gasteiger partial charge >= 0.3 is 0 Å². The van der Waals surface area contributed by atoms with Crippen LogP contribution in [0.5, 0.6) is 0 Å². The normalized spacial score (nSPS) is 20.1. The smallest absolute Gasteiger partial charge is 0.278 e. The first-order chi connectivity index (χ1) is 13.8. The van der Waals surface area contributed by atoms with Crippen molar-refractivity contribution in [3.05, 3.63) is 30.1 Å². The summed E-state index contributed by atoms with van der Waals surface area (Å²) in [6, 6.07) is 5.99. The Morgan fingerprint density at radius 1 is 1.17 bits per heavy atom. The second-order valence-electron chi connectivity index (χ2n) is 8.45. The Balaban J connectivity index is 1.59. The van der Waals surface area contributed by atoms with E-state index in [1.165, 1.54) is 47.8 Å². The predicted octanol–water partition coefficient (Wildman–Crippen LogP) is 1.28. The molecule has 0 atom stereocenters. The molecule has 1 aromatic carbocycles. The summed E-state index contributed by atoms with van der Waals surface area (Å²) in [5, 5.41) is 0. The van der Waals surface area contributed by atoms with Gasteiger partial charge in [-0.25, -0.2) is 12.8 Å². The highest BCUT2D eigenvalue weighted by Gasteiger charge is 2.35. The third-order valence-electron chi connectivity index (χ3n) is 6.10. The second kappa shape index (κ2) is 9.53. The van der Waals surface area contributed by atoms with Gasteiger partial charge in [-0.3, -0.25) is 4.79 Å². The minimum absolute atomic E-state index is 0.160. The molecule has 1 N–H and O–H groups in total. The van der Waals surface area contributed by atoms with Crippen molar-refractivity contribution >= 4 is 15.9 Å². The highest BCUT2D eigenvalue weighted by Crippen LogP contribution is 2.24. The van der Waals surface area contributed by atoms with E-state index in [9.17, 15) is 17.6 Å². The van der Waals surface area contributed by atoms with Gasteiger partial charge < -0.3 is 9.80 Å². The van der Waals surface area contributed by atoms with Crippen LogP contribution in [0, 0.1) is 5.82 Å². The molecule has 2 aliphatic rings. The number of hydrogen-bond donors (Lipinski definition) is 1. The summed E-state index contributed by atoms with van der Waals surface area (Å²) in [5.74, 6) is -0.565. The molecule has 1 saturated heterocycles. The third kappa shape index (κ3) is 5.16. The first-order valence-corrected chi connectivity index (χ1v) is 12.1. The van der Waals surface area contributed by atoms with Crippen LogP contribution in [-0.4, -0.2) is 68.3 Å². The molecule has 162 valence electrons. The van der Waals surface area contributed by atoms with Crippen molar-refractivity contribution in [3.63, 3.8) is 0 Å². The lowest BCUT2D eigenvalue weighted by Gasteiger charge is -2.38.